The summed E-state index contributed by atoms with van der Waals surface area (Å²) in [6.45, 7) is 1.83. The van der Waals surface area contributed by atoms with Crippen molar-refractivity contribution in [3.63, 3.8) is 0 Å². The zero-order valence-corrected chi connectivity index (χ0v) is 12.7. The first-order chi connectivity index (χ1) is 9.65. The van der Waals surface area contributed by atoms with Gasteiger partial charge in [0.1, 0.15) is 5.84 Å². The minimum Gasteiger partial charge on any atom is -0.384 e. The van der Waals surface area contributed by atoms with E-state index in [1.54, 1.807) is 0 Å². The van der Waals surface area contributed by atoms with Crippen LogP contribution in [0.15, 0.2) is 46.9 Å². The first-order valence-electron chi connectivity index (χ1n) is 6.61. The molecule has 1 heterocycles. The molecule has 0 saturated carbocycles. The number of hydrogen-bond acceptors (Lipinski definition) is 2. The topological polar surface area (TPSA) is 53.1 Å². The Morgan fingerprint density at radius 3 is 2.65 bits per heavy atom. The number of benzene rings is 2. The number of rotatable bonds is 2. The van der Waals surface area contributed by atoms with Gasteiger partial charge in [-0.25, -0.2) is 0 Å². The van der Waals surface area contributed by atoms with Gasteiger partial charge in [-0.1, -0.05) is 40.2 Å². The summed E-state index contributed by atoms with van der Waals surface area (Å²) in [7, 11) is 0. The lowest BCUT2D eigenvalue weighted by Crippen LogP contribution is -2.32. The molecule has 0 fully saturated rings. The van der Waals surface area contributed by atoms with Crippen molar-refractivity contribution in [1.29, 1.82) is 5.41 Å². The second-order valence-electron chi connectivity index (χ2n) is 5.02. The van der Waals surface area contributed by atoms with E-state index in [0.717, 1.165) is 35.2 Å². The van der Waals surface area contributed by atoms with E-state index in [1.165, 1.54) is 11.1 Å². The second kappa shape index (κ2) is 5.29. The second-order valence-corrected chi connectivity index (χ2v) is 5.93. The Morgan fingerprint density at radius 1 is 1.15 bits per heavy atom. The molecule has 1 aliphatic heterocycles. The number of hydrogen-bond donors (Lipinski definition) is 2. The van der Waals surface area contributed by atoms with Crippen molar-refractivity contribution in [3.8, 4) is 0 Å². The molecule has 4 heteroatoms. The Balaban J connectivity index is 1.97. The van der Waals surface area contributed by atoms with E-state index in [9.17, 15) is 0 Å². The largest absolute Gasteiger partial charge is 0.384 e. The predicted molar refractivity (Wildman–Crippen MR) is 86.4 cm³/mol. The third-order valence-corrected chi connectivity index (χ3v) is 4.21. The van der Waals surface area contributed by atoms with E-state index in [-0.39, 0.29) is 5.84 Å². The highest BCUT2D eigenvalue weighted by Crippen LogP contribution is 2.29. The molecule has 2 aromatic carbocycles. The molecule has 0 atom stereocenters. The summed E-state index contributed by atoms with van der Waals surface area (Å²) in [6, 6.07) is 14.5. The van der Waals surface area contributed by atoms with Gasteiger partial charge in [-0.3, -0.25) is 5.41 Å². The van der Waals surface area contributed by atoms with Crippen LogP contribution in [0.3, 0.4) is 0 Å². The van der Waals surface area contributed by atoms with Crippen molar-refractivity contribution in [1.82, 2.24) is 0 Å². The zero-order chi connectivity index (χ0) is 14.1. The van der Waals surface area contributed by atoms with E-state index in [2.05, 4.69) is 45.1 Å². The number of nitrogen functional groups attached to an aromatic ring is 1. The van der Waals surface area contributed by atoms with E-state index in [4.69, 9.17) is 11.1 Å². The highest BCUT2D eigenvalue weighted by molar-refractivity contribution is 9.10. The van der Waals surface area contributed by atoms with Crippen LogP contribution in [-0.4, -0.2) is 12.4 Å². The molecule has 1 aliphatic rings. The molecule has 3 N–H and O–H groups in total. The van der Waals surface area contributed by atoms with E-state index in [0.29, 0.717) is 0 Å². The molecule has 0 bridgehead atoms. The Kier molecular flexibility index (Phi) is 3.49. The zero-order valence-electron chi connectivity index (χ0n) is 11.1. The molecular formula is C16H16BrN3. The lowest BCUT2D eigenvalue weighted by molar-refractivity contribution is 0.731. The highest BCUT2D eigenvalue weighted by Gasteiger charge is 2.19. The average Bonchev–Trinajstić information content (AvgIpc) is 2.46. The third-order valence-electron chi connectivity index (χ3n) is 3.72. The van der Waals surface area contributed by atoms with E-state index in [1.807, 2.05) is 18.2 Å². The third kappa shape index (κ3) is 2.43. The predicted octanol–water partition coefficient (Wildman–Crippen LogP) is 3.30. The molecule has 20 heavy (non-hydrogen) atoms. The van der Waals surface area contributed by atoms with Gasteiger partial charge in [0.15, 0.2) is 0 Å². The fourth-order valence-electron chi connectivity index (χ4n) is 2.70. The van der Waals surface area contributed by atoms with E-state index >= 15 is 0 Å². The SMILES string of the molecule is N=C(N)c1cc(Br)ccc1N1CCc2ccccc2C1. The Labute approximate surface area is 127 Å². The van der Waals surface area contributed by atoms with Crippen LogP contribution in [0.25, 0.3) is 0 Å². The Bertz CT molecular complexity index is 667. The molecular weight excluding hydrogens is 314 g/mol. The summed E-state index contributed by atoms with van der Waals surface area (Å²) in [4.78, 5) is 2.30. The summed E-state index contributed by atoms with van der Waals surface area (Å²) in [6.07, 6.45) is 1.03. The lowest BCUT2D eigenvalue weighted by Gasteiger charge is -2.32. The van der Waals surface area contributed by atoms with Crippen molar-refractivity contribution in [2.45, 2.75) is 13.0 Å². The van der Waals surface area contributed by atoms with E-state index < -0.39 is 0 Å². The van der Waals surface area contributed by atoms with Crippen molar-refractivity contribution in [2.75, 3.05) is 11.4 Å². The van der Waals surface area contributed by atoms with Crippen LogP contribution in [0.1, 0.15) is 16.7 Å². The van der Waals surface area contributed by atoms with Crippen LogP contribution in [0, 0.1) is 5.41 Å². The first kappa shape index (κ1) is 13.2. The van der Waals surface area contributed by atoms with Gasteiger partial charge in [-0.15, -0.1) is 0 Å². The number of anilines is 1. The molecule has 3 nitrogen and oxygen atoms in total. The molecule has 0 saturated heterocycles. The molecule has 0 aliphatic carbocycles. The summed E-state index contributed by atoms with van der Waals surface area (Å²) in [5.74, 6) is 0.111. The van der Waals surface area contributed by atoms with Gasteiger partial charge in [0.2, 0.25) is 0 Å². The van der Waals surface area contributed by atoms with Crippen LogP contribution in [0.4, 0.5) is 5.69 Å². The van der Waals surface area contributed by atoms with Crippen molar-refractivity contribution in [3.05, 3.63) is 63.6 Å². The normalized spacial score (nSPS) is 13.9. The van der Waals surface area contributed by atoms with Crippen LogP contribution in [-0.2, 0) is 13.0 Å². The standard InChI is InChI=1S/C16H16BrN3/c17-13-5-6-15(14(9-13)16(18)19)20-8-7-11-3-1-2-4-12(11)10-20/h1-6,9H,7-8,10H2,(H3,18,19). The van der Waals surface area contributed by atoms with Crippen molar-refractivity contribution < 1.29 is 0 Å². The minimum absolute atomic E-state index is 0.111. The summed E-state index contributed by atoms with van der Waals surface area (Å²) < 4.78 is 0.948. The number of halogens is 1. The van der Waals surface area contributed by atoms with Gasteiger partial charge in [0.05, 0.1) is 0 Å². The molecule has 0 unspecified atom stereocenters. The number of nitrogens with one attached hydrogen (secondary N) is 1. The first-order valence-corrected chi connectivity index (χ1v) is 7.40. The summed E-state index contributed by atoms with van der Waals surface area (Å²) in [5, 5.41) is 7.77. The molecule has 102 valence electrons. The number of nitrogens with zero attached hydrogens (tertiary/aromatic N) is 1. The Morgan fingerprint density at radius 2 is 1.90 bits per heavy atom. The van der Waals surface area contributed by atoms with Gasteiger partial charge in [-0.2, -0.15) is 0 Å². The molecule has 3 rings (SSSR count). The number of fused-ring (bicyclic) bond motifs is 1. The number of amidine groups is 1. The highest BCUT2D eigenvalue weighted by atomic mass is 79.9. The van der Waals surface area contributed by atoms with Gasteiger partial charge in [0.25, 0.3) is 0 Å². The smallest absolute Gasteiger partial charge is 0.124 e. The summed E-state index contributed by atoms with van der Waals surface area (Å²) in [5.41, 5.74) is 10.3. The molecule has 0 amide bonds. The summed E-state index contributed by atoms with van der Waals surface area (Å²) >= 11 is 3.44. The van der Waals surface area contributed by atoms with Crippen LogP contribution in [0.5, 0.6) is 0 Å². The van der Waals surface area contributed by atoms with Gasteiger partial charge < -0.3 is 10.6 Å². The lowest BCUT2D eigenvalue weighted by atomic mass is 9.98. The van der Waals surface area contributed by atoms with Gasteiger partial charge in [0, 0.05) is 28.8 Å². The molecule has 0 radical (unpaired) electrons. The molecule has 0 spiro atoms. The number of nitrogens with two attached hydrogens (primary N) is 1. The van der Waals surface area contributed by atoms with Crippen molar-refractivity contribution in [2.24, 2.45) is 5.73 Å². The average molecular weight is 330 g/mol. The van der Waals surface area contributed by atoms with Crippen LogP contribution < -0.4 is 10.6 Å². The maximum absolute atomic E-state index is 7.77. The maximum atomic E-state index is 7.77. The Hall–Kier alpha value is -1.81. The molecule has 2 aromatic rings. The fraction of sp³-hybridized carbons (Fsp3) is 0.188. The van der Waals surface area contributed by atoms with Gasteiger partial charge >= 0.3 is 0 Å². The molecule has 0 aromatic heterocycles. The van der Waals surface area contributed by atoms with Crippen LogP contribution >= 0.6 is 15.9 Å². The van der Waals surface area contributed by atoms with Gasteiger partial charge in [-0.05, 0) is 35.7 Å². The van der Waals surface area contributed by atoms with Crippen molar-refractivity contribution >= 4 is 27.5 Å². The maximum Gasteiger partial charge on any atom is 0.124 e. The van der Waals surface area contributed by atoms with Crippen LogP contribution in [0.2, 0.25) is 0 Å². The minimum atomic E-state index is 0.111. The fourth-order valence-corrected chi connectivity index (χ4v) is 3.06. The monoisotopic (exact) mass is 329 g/mol. The quantitative estimate of drug-likeness (QED) is 0.656.